The van der Waals surface area contributed by atoms with Gasteiger partial charge in [0.15, 0.2) is 0 Å². The molecule has 0 bridgehead atoms. The van der Waals surface area contributed by atoms with Crippen LogP contribution in [0.15, 0.2) is 34.1 Å². The summed E-state index contributed by atoms with van der Waals surface area (Å²) in [5, 5.41) is 5.46. The molecule has 2 rings (SSSR count). The van der Waals surface area contributed by atoms with Crippen molar-refractivity contribution in [1.82, 2.24) is 10.3 Å². The molecule has 1 heterocycles. The van der Waals surface area contributed by atoms with E-state index in [0.29, 0.717) is 25.2 Å². The summed E-state index contributed by atoms with van der Waals surface area (Å²) >= 11 is 4.88. The fourth-order valence-electron chi connectivity index (χ4n) is 1.78. The van der Waals surface area contributed by atoms with Gasteiger partial charge in [0.1, 0.15) is 17.5 Å². The van der Waals surface area contributed by atoms with Crippen molar-refractivity contribution in [3.8, 4) is 5.75 Å². The number of thiazole rings is 1. The van der Waals surface area contributed by atoms with E-state index in [4.69, 9.17) is 10.5 Å². The Labute approximate surface area is 142 Å². The lowest BCUT2D eigenvalue weighted by molar-refractivity contribution is 0.0927. The van der Waals surface area contributed by atoms with Crippen LogP contribution in [0.5, 0.6) is 5.75 Å². The number of nitrogens with zero attached hydrogens (tertiary/aromatic N) is 1. The van der Waals surface area contributed by atoms with Crippen LogP contribution in [0, 0.1) is 0 Å². The third-order valence-corrected chi connectivity index (χ3v) is 4.42. The maximum absolute atomic E-state index is 12.0. The molecule has 5 nitrogen and oxygen atoms in total. The second-order valence-electron chi connectivity index (χ2n) is 4.73. The number of para-hydroxylation sites is 1. The normalized spacial score (nSPS) is 12.0. The first kappa shape index (κ1) is 16.9. The van der Waals surface area contributed by atoms with Gasteiger partial charge in [0.2, 0.25) is 0 Å². The molecule has 0 saturated carbocycles. The lowest BCUT2D eigenvalue weighted by Gasteiger charge is -2.16. The van der Waals surface area contributed by atoms with Crippen LogP contribution in [-0.4, -0.2) is 30.1 Å². The molecule has 0 radical (unpaired) electrons. The lowest BCUT2D eigenvalue weighted by Crippen LogP contribution is -2.33. The molecule has 0 spiro atoms. The van der Waals surface area contributed by atoms with Crippen molar-refractivity contribution < 1.29 is 9.53 Å². The van der Waals surface area contributed by atoms with Gasteiger partial charge in [0.05, 0.1) is 16.0 Å². The highest BCUT2D eigenvalue weighted by Crippen LogP contribution is 2.24. The Morgan fingerprint density at radius 3 is 3.00 bits per heavy atom. The molecule has 0 aliphatic rings. The van der Waals surface area contributed by atoms with Crippen LogP contribution in [0.25, 0.3) is 0 Å². The molecule has 2 aromatic rings. The number of benzene rings is 1. The summed E-state index contributed by atoms with van der Waals surface area (Å²) in [7, 11) is 0. The van der Waals surface area contributed by atoms with Crippen molar-refractivity contribution in [2.45, 2.75) is 19.4 Å². The average molecular weight is 384 g/mol. The van der Waals surface area contributed by atoms with Gasteiger partial charge in [-0.15, -0.1) is 11.3 Å². The van der Waals surface area contributed by atoms with Crippen LogP contribution >= 0.6 is 27.3 Å². The molecule has 1 aromatic heterocycles. The van der Waals surface area contributed by atoms with E-state index >= 15 is 0 Å². The largest absolute Gasteiger partial charge is 0.488 e. The van der Waals surface area contributed by atoms with E-state index in [2.05, 4.69) is 26.2 Å². The Morgan fingerprint density at radius 1 is 1.50 bits per heavy atom. The summed E-state index contributed by atoms with van der Waals surface area (Å²) in [5.41, 5.74) is 5.91. The van der Waals surface area contributed by atoms with Gasteiger partial charge in [0, 0.05) is 11.8 Å². The van der Waals surface area contributed by atoms with Crippen LogP contribution in [0.4, 0.5) is 0 Å². The van der Waals surface area contributed by atoms with Gasteiger partial charge in [-0.1, -0.05) is 12.1 Å². The van der Waals surface area contributed by atoms with E-state index in [0.717, 1.165) is 15.2 Å². The molecule has 22 heavy (non-hydrogen) atoms. The fraction of sp³-hybridized carbons (Fsp3) is 0.333. The van der Waals surface area contributed by atoms with Crippen LogP contribution < -0.4 is 15.8 Å². The van der Waals surface area contributed by atoms with Gasteiger partial charge in [-0.25, -0.2) is 4.98 Å². The van der Waals surface area contributed by atoms with Gasteiger partial charge in [-0.3, -0.25) is 4.79 Å². The molecule has 1 aromatic carbocycles. The van der Waals surface area contributed by atoms with Crippen molar-refractivity contribution in [3.63, 3.8) is 0 Å². The van der Waals surface area contributed by atoms with Gasteiger partial charge < -0.3 is 15.8 Å². The third-order valence-electron chi connectivity index (χ3n) is 2.86. The minimum absolute atomic E-state index is 0.148. The Hall–Kier alpha value is -1.44. The molecule has 7 heteroatoms. The first-order valence-corrected chi connectivity index (χ1v) is 8.61. The zero-order valence-electron chi connectivity index (χ0n) is 12.2. The van der Waals surface area contributed by atoms with E-state index in [1.165, 1.54) is 11.3 Å². The predicted octanol–water partition coefficient (Wildman–Crippen LogP) is 2.60. The molecular weight excluding hydrogens is 366 g/mol. The molecular formula is C15H18BrN3O2S. The van der Waals surface area contributed by atoms with E-state index in [1.807, 2.05) is 31.2 Å². The number of hydrogen-bond donors (Lipinski definition) is 2. The number of hydrogen-bond acceptors (Lipinski definition) is 5. The summed E-state index contributed by atoms with van der Waals surface area (Å²) in [6.07, 6.45) is 0.546. The third kappa shape index (κ3) is 4.79. The number of nitrogens with one attached hydrogen (secondary N) is 1. The van der Waals surface area contributed by atoms with Gasteiger partial charge in [0.25, 0.3) is 5.91 Å². The number of halogens is 1. The Balaban J connectivity index is 1.83. The molecule has 1 atom stereocenters. The second-order valence-corrected chi connectivity index (χ2v) is 6.53. The highest BCUT2D eigenvalue weighted by atomic mass is 79.9. The van der Waals surface area contributed by atoms with Gasteiger partial charge >= 0.3 is 0 Å². The van der Waals surface area contributed by atoms with Gasteiger partial charge in [-0.2, -0.15) is 0 Å². The highest BCUT2D eigenvalue weighted by Gasteiger charge is 2.13. The quantitative estimate of drug-likeness (QED) is 0.770. The van der Waals surface area contributed by atoms with Crippen LogP contribution in [0.1, 0.15) is 22.4 Å². The first-order chi connectivity index (χ1) is 10.6. The summed E-state index contributed by atoms with van der Waals surface area (Å²) in [4.78, 5) is 16.3. The maximum atomic E-state index is 12.0. The number of carbonyl (C=O) groups excluding carboxylic acids is 1. The summed E-state index contributed by atoms with van der Waals surface area (Å²) < 4.78 is 6.67. The fourth-order valence-corrected chi connectivity index (χ4v) is 2.95. The number of nitrogens with two attached hydrogens (primary N) is 1. The lowest BCUT2D eigenvalue weighted by atomic mass is 10.3. The Bertz CT molecular complexity index is 633. The van der Waals surface area contributed by atoms with Gasteiger partial charge in [-0.05, 0) is 41.5 Å². The highest BCUT2D eigenvalue weighted by molar-refractivity contribution is 9.10. The standard InChI is InChI=1S/C15H18BrN3O2S/c1-10(21-13-5-3-2-4-11(13)16)8-18-15(20)12-9-22-14(19-12)6-7-17/h2-5,9-10H,6-8,17H2,1H3,(H,18,20). The average Bonchev–Trinajstić information content (AvgIpc) is 2.96. The number of amides is 1. The topological polar surface area (TPSA) is 77.2 Å². The Morgan fingerprint density at radius 2 is 2.27 bits per heavy atom. The zero-order valence-corrected chi connectivity index (χ0v) is 14.6. The number of rotatable bonds is 7. The van der Waals surface area contributed by atoms with E-state index < -0.39 is 0 Å². The molecule has 0 fully saturated rings. The van der Waals surface area contributed by atoms with Crippen molar-refractivity contribution in [2.24, 2.45) is 5.73 Å². The van der Waals surface area contributed by atoms with E-state index in [9.17, 15) is 4.79 Å². The molecule has 0 aliphatic carbocycles. The smallest absolute Gasteiger partial charge is 0.270 e. The summed E-state index contributed by atoms with van der Waals surface area (Å²) in [6, 6.07) is 7.61. The molecule has 0 aliphatic heterocycles. The second kappa shape index (κ2) is 8.26. The minimum atomic E-state index is -0.193. The monoisotopic (exact) mass is 383 g/mol. The first-order valence-electron chi connectivity index (χ1n) is 6.94. The summed E-state index contributed by atoms with van der Waals surface area (Å²) in [5.74, 6) is 0.560. The van der Waals surface area contributed by atoms with Crippen LogP contribution in [-0.2, 0) is 6.42 Å². The molecule has 1 amide bonds. The molecule has 118 valence electrons. The molecule has 0 saturated heterocycles. The number of aromatic nitrogens is 1. The number of carbonyl (C=O) groups is 1. The van der Waals surface area contributed by atoms with Crippen molar-refractivity contribution >= 4 is 33.2 Å². The molecule has 1 unspecified atom stereocenters. The van der Waals surface area contributed by atoms with Crippen LogP contribution in [0.2, 0.25) is 0 Å². The van der Waals surface area contributed by atoms with E-state index in [1.54, 1.807) is 5.38 Å². The molecule has 3 N–H and O–H groups in total. The number of ether oxygens (including phenoxy) is 1. The summed E-state index contributed by atoms with van der Waals surface area (Å²) in [6.45, 7) is 2.84. The van der Waals surface area contributed by atoms with Crippen molar-refractivity contribution in [3.05, 3.63) is 44.8 Å². The van der Waals surface area contributed by atoms with Crippen LogP contribution in [0.3, 0.4) is 0 Å². The van der Waals surface area contributed by atoms with Crippen molar-refractivity contribution in [1.29, 1.82) is 0 Å². The minimum Gasteiger partial charge on any atom is -0.488 e. The Kier molecular flexibility index (Phi) is 6.35. The SMILES string of the molecule is CC(CNC(=O)c1csc(CCN)n1)Oc1ccccc1Br. The predicted molar refractivity (Wildman–Crippen MR) is 91.4 cm³/mol. The zero-order chi connectivity index (χ0) is 15.9. The van der Waals surface area contributed by atoms with E-state index in [-0.39, 0.29) is 12.0 Å². The van der Waals surface area contributed by atoms with Crippen molar-refractivity contribution in [2.75, 3.05) is 13.1 Å². The maximum Gasteiger partial charge on any atom is 0.270 e.